The lowest BCUT2D eigenvalue weighted by Gasteiger charge is -2.28. The van der Waals surface area contributed by atoms with Gasteiger partial charge in [0.2, 0.25) is 0 Å². The van der Waals surface area contributed by atoms with E-state index in [1.807, 2.05) is 0 Å². The highest BCUT2D eigenvalue weighted by Gasteiger charge is 2.60. The van der Waals surface area contributed by atoms with Crippen LogP contribution in [0, 0.1) is 5.41 Å². The quantitative estimate of drug-likeness (QED) is 0.446. The number of rotatable bonds is 4. The number of hydrogen-bond acceptors (Lipinski definition) is 2. The lowest BCUT2D eigenvalue weighted by atomic mass is 9.88. The Morgan fingerprint density at radius 1 is 1.22 bits per heavy atom. The van der Waals surface area contributed by atoms with Gasteiger partial charge in [-0.05, 0) is 13.3 Å². The lowest BCUT2D eigenvalue weighted by Crippen LogP contribution is -2.47. The van der Waals surface area contributed by atoms with Gasteiger partial charge in [0, 0.05) is 0 Å². The van der Waals surface area contributed by atoms with Gasteiger partial charge in [0.05, 0.1) is 5.41 Å². The molecule has 0 saturated carbocycles. The molecule has 0 rings (SSSR count). The average molecular weight is 278 g/mol. The molecule has 18 heavy (non-hydrogen) atoms. The Morgan fingerprint density at radius 2 is 1.61 bits per heavy atom. The molecule has 0 saturated heterocycles. The fourth-order valence-corrected chi connectivity index (χ4v) is 0.933. The monoisotopic (exact) mass is 278 g/mol. The minimum absolute atomic E-state index is 0.0300. The van der Waals surface area contributed by atoms with Crippen molar-refractivity contribution in [1.82, 2.24) is 0 Å². The minimum Gasteiger partial charge on any atom is -0.442 e. The summed E-state index contributed by atoms with van der Waals surface area (Å²) < 4.78 is 76.5. The summed E-state index contributed by atoms with van der Waals surface area (Å²) in [7, 11) is 0. The van der Waals surface area contributed by atoms with Crippen molar-refractivity contribution < 1.29 is 35.9 Å². The maximum Gasteiger partial charge on any atom is 0.434 e. The second-order valence-electron chi connectivity index (χ2n) is 3.84. The van der Waals surface area contributed by atoms with Gasteiger partial charge in [0.1, 0.15) is 0 Å². The van der Waals surface area contributed by atoms with E-state index in [-0.39, 0.29) is 6.42 Å². The van der Waals surface area contributed by atoms with E-state index in [0.717, 1.165) is 13.0 Å². The molecule has 0 aromatic heterocycles. The van der Waals surface area contributed by atoms with Crippen LogP contribution in [0.25, 0.3) is 0 Å². The number of carbonyl (C=O) groups is 1. The average Bonchev–Trinajstić information content (AvgIpc) is 2.21. The molecule has 0 aliphatic carbocycles. The van der Waals surface area contributed by atoms with E-state index in [1.165, 1.54) is 6.92 Å². The number of hydrogen-bond donors (Lipinski definition) is 0. The summed E-state index contributed by atoms with van der Waals surface area (Å²) in [6.07, 6.45) is -14.6. The molecule has 0 radical (unpaired) electrons. The van der Waals surface area contributed by atoms with Gasteiger partial charge in [-0.1, -0.05) is 13.0 Å². The molecule has 0 aromatic rings. The molecule has 0 heterocycles. The first-order chi connectivity index (χ1) is 7.88. The van der Waals surface area contributed by atoms with Crippen LogP contribution in [0.1, 0.15) is 20.3 Å². The molecule has 8 heteroatoms. The van der Waals surface area contributed by atoms with Crippen molar-refractivity contribution in [3.63, 3.8) is 0 Å². The van der Waals surface area contributed by atoms with E-state index in [1.54, 1.807) is 0 Å². The van der Waals surface area contributed by atoms with E-state index in [4.69, 9.17) is 0 Å². The Balaban J connectivity index is 5.15. The van der Waals surface area contributed by atoms with Crippen LogP contribution in [-0.4, -0.2) is 24.4 Å². The molecule has 0 aliphatic heterocycles. The number of esters is 1. The normalized spacial score (nSPS) is 16.3. The minimum atomic E-state index is -5.70. The predicted molar refractivity (Wildman–Crippen MR) is 50.6 cm³/mol. The van der Waals surface area contributed by atoms with Crippen LogP contribution in [0.4, 0.5) is 26.3 Å². The first-order valence-corrected chi connectivity index (χ1v) is 4.86. The van der Waals surface area contributed by atoms with Gasteiger partial charge in [-0.2, -0.15) is 26.3 Å². The predicted octanol–water partition coefficient (Wildman–Crippen LogP) is 3.63. The van der Waals surface area contributed by atoms with Crippen molar-refractivity contribution in [2.24, 2.45) is 5.41 Å². The Morgan fingerprint density at radius 3 is 1.83 bits per heavy atom. The van der Waals surface area contributed by atoms with Gasteiger partial charge >= 0.3 is 18.3 Å². The third-order valence-electron chi connectivity index (χ3n) is 2.47. The Hall–Kier alpha value is -1.21. The summed E-state index contributed by atoms with van der Waals surface area (Å²) >= 11 is 0. The fourth-order valence-electron chi connectivity index (χ4n) is 0.933. The molecular weight excluding hydrogens is 266 g/mol. The van der Waals surface area contributed by atoms with Gasteiger partial charge in [-0.3, -0.25) is 4.79 Å². The maximum absolute atomic E-state index is 12.1. The summed E-state index contributed by atoms with van der Waals surface area (Å²) in [4.78, 5) is 11.3. The standard InChI is InChI=1S/C10H12F6O2/c1-4-8(3,5-2)7(17)18-6(9(11,12)13)10(14,15)16/h4,6H,1,5H2,2-3H3. The molecule has 0 spiro atoms. The van der Waals surface area contributed by atoms with Crippen molar-refractivity contribution in [2.75, 3.05) is 0 Å². The number of alkyl halides is 6. The SMILES string of the molecule is C=CC(C)(CC)C(=O)OC(C(F)(F)F)C(F)(F)F. The molecular formula is C10H12F6O2. The number of halogens is 6. The van der Waals surface area contributed by atoms with Crippen molar-refractivity contribution in [1.29, 1.82) is 0 Å². The smallest absolute Gasteiger partial charge is 0.434 e. The second-order valence-corrected chi connectivity index (χ2v) is 3.84. The first-order valence-electron chi connectivity index (χ1n) is 4.86. The first kappa shape index (κ1) is 16.8. The molecule has 0 aromatic carbocycles. The highest BCUT2D eigenvalue weighted by molar-refractivity contribution is 5.78. The highest BCUT2D eigenvalue weighted by Crippen LogP contribution is 2.37. The van der Waals surface area contributed by atoms with Crippen molar-refractivity contribution in [3.8, 4) is 0 Å². The van der Waals surface area contributed by atoms with Crippen LogP contribution in [-0.2, 0) is 9.53 Å². The summed E-state index contributed by atoms with van der Waals surface area (Å²) in [5, 5.41) is 0. The molecule has 0 N–H and O–H groups in total. The molecule has 1 unspecified atom stereocenters. The van der Waals surface area contributed by atoms with Crippen LogP contribution in [0.15, 0.2) is 12.7 Å². The Labute approximate surface area is 99.6 Å². The zero-order valence-electron chi connectivity index (χ0n) is 9.65. The largest absolute Gasteiger partial charge is 0.442 e. The van der Waals surface area contributed by atoms with E-state index in [2.05, 4.69) is 11.3 Å². The van der Waals surface area contributed by atoms with E-state index >= 15 is 0 Å². The van der Waals surface area contributed by atoms with Crippen LogP contribution in [0.2, 0.25) is 0 Å². The van der Waals surface area contributed by atoms with E-state index in [0.29, 0.717) is 0 Å². The summed E-state index contributed by atoms with van der Waals surface area (Å²) in [5.74, 6) is -1.61. The lowest BCUT2D eigenvalue weighted by molar-refractivity contribution is -0.315. The molecule has 0 aliphatic rings. The molecule has 0 amide bonds. The maximum atomic E-state index is 12.1. The van der Waals surface area contributed by atoms with Gasteiger partial charge in [-0.25, -0.2) is 0 Å². The van der Waals surface area contributed by atoms with E-state index in [9.17, 15) is 31.1 Å². The molecule has 2 nitrogen and oxygen atoms in total. The third kappa shape index (κ3) is 3.92. The Kier molecular flexibility index (Phi) is 4.84. The summed E-state index contributed by atoms with van der Waals surface area (Å²) in [6, 6.07) is 0. The highest BCUT2D eigenvalue weighted by atomic mass is 19.4. The number of carbonyl (C=O) groups excluding carboxylic acids is 1. The molecule has 0 bridgehead atoms. The molecule has 106 valence electrons. The topological polar surface area (TPSA) is 26.3 Å². The van der Waals surface area contributed by atoms with Crippen LogP contribution in [0.5, 0.6) is 0 Å². The second kappa shape index (κ2) is 5.19. The van der Waals surface area contributed by atoms with Gasteiger partial charge in [0.15, 0.2) is 0 Å². The third-order valence-corrected chi connectivity index (χ3v) is 2.47. The molecule has 0 fully saturated rings. The molecule has 1 atom stereocenters. The summed E-state index contributed by atoms with van der Waals surface area (Å²) in [6.45, 7) is 5.75. The number of ether oxygens (including phenoxy) is 1. The van der Waals surface area contributed by atoms with Gasteiger partial charge in [0.25, 0.3) is 6.10 Å². The zero-order chi connectivity index (χ0) is 14.8. The Bertz CT molecular complexity index is 305. The summed E-state index contributed by atoms with van der Waals surface area (Å²) in [5.41, 5.74) is -1.59. The van der Waals surface area contributed by atoms with Crippen LogP contribution >= 0.6 is 0 Å². The van der Waals surface area contributed by atoms with Crippen LogP contribution < -0.4 is 0 Å². The van der Waals surface area contributed by atoms with E-state index < -0.39 is 29.8 Å². The van der Waals surface area contributed by atoms with Crippen molar-refractivity contribution >= 4 is 5.97 Å². The van der Waals surface area contributed by atoms with Crippen molar-refractivity contribution in [2.45, 2.75) is 38.7 Å². The van der Waals surface area contributed by atoms with Crippen molar-refractivity contribution in [3.05, 3.63) is 12.7 Å². The fraction of sp³-hybridized carbons (Fsp3) is 0.700. The van der Waals surface area contributed by atoms with Gasteiger partial charge < -0.3 is 4.74 Å². The van der Waals surface area contributed by atoms with Crippen LogP contribution in [0.3, 0.4) is 0 Å². The van der Waals surface area contributed by atoms with Gasteiger partial charge in [-0.15, -0.1) is 6.58 Å². The zero-order valence-corrected chi connectivity index (χ0v) is 9.65.